The minimum absolute atomic E-state index is 0.0187. The predicted octanol–water partition coefficient (Wildman–Crippen LogP) is 7.37. The number of carbonyl (C=O) groups is 1. The number of nitrogens with one attached hydrogen (secondary N) is 1. The Morgan fingerprint density at radius 2 is 1.86 bits per heavy atom. The van der Waals surface area contributed by atoms with E-state index in [2.05, 4.69) is 41.2 Å². The molecule has 0 unspecified atom stereocenters. The molecule has 1 N–H and O–H groups in total. The van der Waals surface area contributed by atoms with Crippen LogP contribution in [0, 0.1) is 11.3 Å². The lowest BCUT2D eigenvalue weighted by molar-refractivity contribution is -0.141. The van der Waals surface area contributed by atoms with Crippen molar-refractivity contribution in [2.75, 3.05) is 6.54 Å². The number of aromatic nitrogens is 5. The number of fused-ring (bicyclic) bond motifs is 1. The molecule has 4 rings (SSSR count). The van der Waals surface area contributed by atoms with Crippen molar-refractivity contribution < 1.29 is 18.0 Å². The van der Waals surface area contributed by atoms with Crippen molar-refractivity contribution in [1.29, 1.82) is 0 Å². The normalized spacial score (nSPS) is 12.4. The topological polar surface area (TPSA) is 77.1 Å². The van der Waals surface area contributed by atoms with E-state index in [1.165, 1.54) is 17.1 Å². The second-order valence-corrected chi connectivity index (χ2v) is 12.5. The van der Waals surface area contributed by atoms with Crippen LogP contribution in [0.15, 0.2) is 43.0 Å². The standard InChI is InChI=1S/C32H41F3N6O/c1-7-23-16-22(10-11-24(23)30(42)37-13-9-8-12-31(4,5)6)17-26-29-38-18-27(41(29)15-14-36-26)25-20-40(19-21(2)3)39-28(25)32(33,34)35/h10-11,14-16,18,20-21H,7-9,12-13,17,19H2,1-6H3,(H,37,42). The van der Waals surface area contributed by atoms with Gasteiger partial charge in [0, 0.05) is 43.7 Å². The van der Waals surface area contributed by atoms with Crippen molar-refractivity contribution in [3.05, 3.63) is 71.1 Å². The number of aryl methyl sites for hydroxylation is 1. The summed E-state index contributed by atoms with van der Waals surface area (Å²) in [7, 11) is 0. The molecule has 0 saturated carbocycles. The summed E-state index contributed by atoms with van der Waals surface area (Å²) in [5.74, 6) is 0.0616. The Labute approximate surface area is 245 Å². The van der Waals surface area contributed by atoms with Crippen LogP contribution in [0.5, 0.6) is 0 Å². The van der Waals surface area contributed by atoms with E-state index in [-0.39, 0.29) is 22.8 Å². The average Bonchev–Trinajstić information content (AvgIpc) is 3.52. The summed E-state index contributed by atoms with van der Waals surface area (Å²) in [6, 6.07) is 5.75. The number of halogens is 3. The fraction of sp³-hybridized carbons (Fsp3) is 0.500. The van der Waals surface area contributed by atoms with Gasteiger partial charge in [-0.3, -0.25) is 18.9 Å². The van der Waals surface area contributed by atoms with Gasteiger partial charge in [0.05, 0.1) is 23.1 Å². The highest BCUT2D eigenvalue weighted by molar-refractivity contribution is 5.95. The van der Waals surface area contributed by atoms with Crippen LogP contribution in [0.1, 0.15) is 93.7 Å². The molecular weight excluding hydrogens is 541 g/mol. The summed E-state index contributed by atoms with van der Waals surface area (Å²) in [4.78, 5) is 21.9. The Morgan fingerprint density at radius 1 is 1.10 bits per heavy atom. The maximum atomic E-state index is 13.9. The molecule has 7 nitrogen and oxygen atoms in total. The zero-order valence-corrected chi connectivity index (χ0v) is 25.3. The molecule has 1 aromatic carbocycles. The molecule has 0 radical (unpaired) electrons. The van der Waals surface area contributed by atoms with E-state index in [0.29, 0.717) is 48.5 Å². The Balaban J connectivity index is 1.55. The Hall–Kier alpha value is -3.69. The lowest BCUT2D eigenvalue weighted by Gasteiger charge is -2.17. The van der Waals surface area contributed by atoms with Crippen molar-refractivity contribution in [3.8, 4) is 11.3 Å². The number of benzene rings is 1. The van der Waals surface area contributed by atoms with E-state index in [4.69, 9.17) is 0 Å². The number of unbranched alkanes of at least 4 members (excludes halogenated alkanes) is 1. The van der Waals surface area contributed by atoms with Crippen LogP contribution in [0.4, 0.5) is 13.2 Å². The van der Waals surface area contributed by atoms with Crippen molar-refractivity contribution in [2.24, 2.45) is 11.3 Å². The van der Waals surface area contributed by atoms with E-state index in [0.717, 1.165) is 30.4 Å². The molecule has 226 valence electrons. The molecule has 4 aromatic rings. The summed E-state index contributed by atoms with van der Waals surface area (Å²) < 4.78 is 44.7. The summed E-state index contributed by atoms with van der Waals surface area (Å²) >= 11 is 0. The van der Waals surface area contributed by atoms with E-state index in [1.807, 2.05) is 39.0 Å². The molecule has 1 amide bonds. The van der Waals surface area contributed by atoms with Gasteiger partial charge >= 0.3 is 6.18 Å². The van der Waals surface area contributed by atoms with Crippen LogP contribution >= 0.6 is 0 Å². The first-order valence-corrected chi connectivity index (χ1v) is 14.6. The Bertz CT molecular complexity index is 1530. The van der Waals surface area contributed by atoms with E-state index in [1.54, 1.807) is 16.8 Å². The molecule has 0 saturated heterocycles. The van der Waals surface area contributed by atoms with Crippen molar-refractivity contribution in [1.82, 2.24) is 29.5 Å². The number of hydrogen-bond acceptors (Lipinski definition) is 4. The number of alkyl halides is 3. The minimum atomic E-state index is -4.60. The highest BCUT2D eigenvalue weighted by Gasteiger charge is 2.38. The zero-order chi connectivity index (χ0) is 30.7. The number of hydrogen-bond donors (Lipinski definition) is 1. The third-order valence-corrected chi connectivity index (χ3v) is 7.17. The molecule has 42 heavy (non-hydrogen) atoms. The summed E-state index contributed by atoms with van der Waals surface area (Å²) in [5.41, 5.74) is 3.28. The molecule has 0 atom stereocenters. The first-order chi connectivity index (χ1) is 19.8. The maximum absolute atomic E-state index is 13.9. The lowest BCUT2D eigenvalue weighted by Crippen LogP contribution is -2.25. The van der Waals surface area contributed by atoms with Crippen LogP contribution in [0.25, 0.3) is 16.9 Å². The summed E-state index contributed by atoms with van der Waals surface area (Å²) in [6.07, 6.45) is 5.69. The summed E-state index contributed by atoms with van der Waals surface area (Å²) in [5, 5.41) is 6.90. The van der Waals surface area contributed by atoms with Gasteiger partial charge < -0.3 is 5.32 Å². The van der Waals surface area contributed by atoms with E-state index < -0.39 is 11.9 Å². The monoisotopic (exact) mass is 582 g/mol. The van der Waals surface area contributed by atoms with Crippen LogP contribution in [-0.4, -0.2) is 36.6 Å². The molecular formula is C32H41F3N6O. The number of carbonyl (C=O) groups excluding carboxylic acids is 1. The molecule has 0 fully saturated rings. The number of imidazole rings is 1. The van der Waals surface area contributed by atoms with Gasteiger partial charge in [0.25, 0.3) is 5.91 Å². The van der Waals surface area contributed by atoms with Gasteiger partial charge in [0.1, 0.15) is 0 Å². The van der Waals surface area contributed by atoms with Gasteiger partial charge in [-0.2, -0.15) is 18.3 Å². The number of amides is 1. The Morgan fingerprint density at radius 3 is 2.52 bits per heavy atom. The summed E-state index contributed by atoms with van der Waals surface area (Å²) in [6.45, 7) is 13.5. The second-order valence-electron chi connectivity index (χ2n) is 12.5. The highest BCUT2D eigenvalue weighted by atomic mass is 19.4. The smallest absolute Gasteiger partial charge is 0.352 e. The zero-order valence-electron chi connectivity index (χ0n) is 25.3. The molecule has 0 aliphatic carbocycles. The molecule has 3 heterocycles. The SMILES string of the molecule is CCc1cc(Cc2nccn3c(-c4cn(CC(C)C)nc4C(F)(F)F)cnc23)ccc1C(=O)NCCCCC(C)(C)C. The average molecular weight is 583 g/mol. The fourth-order valence-corrected chi connectivity index (χ4v) is 5.12. The van der Waals surface area contributed by atoms with E-state index >= 15 is 0 Å². The van der Waals surface area contributed by atoms with Gasteiger partial charge in [-0.15, -0.1) is 0 Å². The minimum Gasteiger partial charge on any atom is -0.352 e. The maximum Gasteiger partial charge on any atom is 0.435 e. The molecule has 0 bridgehead atoms. The quantitative estimate of drug-likeness (QED) is 0.187. The van der Waals surface area contributed by atoms with Gasteiger partial charge in [-0.1, -0.05) is 60.1 Å². The van der Waals surface area contributed by atoms with Crippen molar-refractivity contribution >= 4 is 11.6 Å². The number of rotatable bonds is 11. The van der Waals surface area contributed by atoms with Gasteiger partial charge in [-0.25, -0.2) is 4.98 Å². The van der Waals surface area contributed by atoms with Crippen LogP contribution in [-0.2, 0) is 25.6 Å². The third-order valence-electron chi connectivity index (χ3n) is 7.17. The molecule has 10 heteroatoms. The molecule has 0 aliphatic rings. The fourth-order valence-electron chi connectivity index (χ4n) is 5.12. The number of nitrogens with zero attached hydrogens (tertiary/aromatic N) is 5. The first-order valence-electron chi connectivity index (χ1n) is 14.6. The van der Waals surface area contributed by atoms with Crippen LogP contribution in [0.2, 0.25) is 0 Å². The third kappa shape index (κ3) is 7.57. The largest absolute Gasteiger partial charge is 0.435 e. The van der Waals surface area contributed by atoms with Gasteiger partial charge in [0.15, 0.2) is 11.3 Å². The molecule has 0 aliphatic heterocycles. The second kappa shape index (κ2) is 12.7. The van der Waals surface area contributed by atoms with Crippen molar-refractivity contribution in [2.45, 2.75) is 86.4 Å². The van der Waals surface area contributed by atoms with E-state index in [9.17, 15) is 18.0 Å². The van der Waals surface area contributed by atoms with Crippen molar-refractivity contribution in [3.63, 3.8) is 0 Å². The molecule has 3 aromatic heterocycles. The van der Waals surface area contributed by atoms with Crippen LogP contribution < -0.4 is 5.32 Å². The Kier molecular flexibility index (Phi) is 9.43. The highest BCUT2D eigenvalue weighted by Crippen LogP contribution is 2.36. The first kappa shape index (κ1) is 31.3. The molecule has 0 spiro atoms. The van der Waals surface area contributed by atoms with Gasteiger partial charge in [-0.05, 0) is 47.8 Å². The van der Waals surface area contributed by atoms with Crippen LogP contribution in [0.3, 0.4) is 0 Å². The lowest BCUT2D eigenvalue weighted by atomic mass is 9.90. The van der Waals surface area contributed by atoms with Gasteiger partial charge in [0.2, 0.25) is 0 Å². The predicted molar refractivity (Wildman–Crippen MR) is 158 cm³/mol.